The lowest BCUT2D eigenvalue weighted by atomic mass is 9.84. The summed E-state index contributed by atoms with van der Waals surface area (Å²) in [4.78, 5) is 49.7. The first-order valence-corrected chi connectivity index (χ1v) is 15.5. The summed E-state index contributed by atoms with van der Waals surface area (Å²) in [7, 11) is 0. The van der Waals surface area contributed by atoms with Crippen LogP contribution in [0.15, 0.2) is 91.0 Å². The summed E-state index contributed by atoms with van der Waals surface area (Å²) >= 11 is 1.48. The molecular formula is C34H40N2O6S. The van der Waals surface area contributed by atoms with E-state index in [1.165, 1.54) is 11.8 Å². The number of hydrogen-bond donors (Lipinski definition) is 3. The maximum Gasteiger partial charge on any atom is 0.322 e. The molecule has 0 aliphatic rings. The summed E-state index contributed by atoms with van der Waals surface area (Å²) in [6.45, 7) is 3.49. The van der Waals surface area contributed by atoms with Gasteiger partial charge in [0.25, 0.3) is 0 Å². The molecule has 8 nitrogen and oxygen atoms in total. The molecule has 0 aliphatic carbocycles. The maximum atomic E-state index is 13.2. The third kappa shape index (κ3) is 9.71. The molecule has 3 N–H and O–H groups in total. The van der Waals surface area contributed by atoms with Crippen LogP contribution in [0.1, 0.15) is 56.2 Å². The topological polar surface area (TPSA) is 122 Å². The molecular weight excluding hydrogens is 564 g/mol. The van der Waals surface area contributed by atoms with E-state index in [4.69, 9.17) is 9.84 Å². The van der Waals surface area contributed by atoms with E-state index in [0.29, 0.717) is 6.61 Å². The highest BCUT2D eigenvalue weighted by Crippen LogP contribution is 2.48. The smallest absolute Gasteiger partial charge is 0.322 e. The number of amides is 2. The Hall–Kier alpha value is -4.11. The van der Waals surface area contributed by atoms with Gasteiger partial charge in [-0.25, -0.2) is 0 Å². The third-order valence-corrected chi connectivity index (χ3v) is 8.66. The van der Waals surface area contributed by atoms with Crippen LogP contribution in [0.2, 0.25) is 0 Å². The van der Waals surface area contributed by atoms with Crippen molar-refractivity contribution in [2.45, 2.75) is 50.3 Å². The summed E-state index contributed by atoms with van der Waals surface area (Å²) in [5.41, 5.74) is 2.97. The number of nitrogens with one attached hydrogen (secondary N) is 2. The predicted octanol–water partition coefficient (Wildman–Crippen LogP) is 5.16. The molecule has 0 spiro atoms. The van der Waals surface area contributed by atoms with Gasteiger partial charge in [0.05, 0.1) is 17.3 Å². The third-order valence-electron chi connectivity index (χ3n) is 7.02. The Morgan fingerprint density at radius 2 is 1.37 bits per heavy atom. The van der Waals surface area contributed by atoms with E-state index in [0.717, 1.165) is 29.5 Å². The Morgan fingerprint density at radius 3 is 1.84 bits per heavy atom. The summed E-state index contributed by atoms with van der Waals surface area (Å²) < 4.78 is 4.52. The number of benzene rings is 3. The molecule has 9 heteroatoms. The van der Waals surface area contributed by atoms with E-state index < -0.39 is 41.0 Å². The average Bonchev–Trinajstić information content (AvgIpc) is 3.03. The number of thioether (sulfide) groups is 1. The van der Waals surface area contributed by atoms with Crippen LogP contribution in [0, 0.1) is 5.92 Å². The molecule has 0 fully saturated rings. The summed E-state index contributed by atoms with van der Waals surface area (Å²) in [6, 6.07) is 28.8. The van der Waals surface area contributed by atoms with Crippen molar-refractivity contribution in [1.29, 1.82) is 0 Å². The van der Waals surface area contributed by atoms with Gasteiger partial charge in [0.1, 0.15) is 12.6 Å². The maximum absolute atomic E-state index is 13.2. The van der Waals surface area contributed by atoms with Gasteiger partial charge in [-0.05, 0) is 29.5 Å². The van der Waals surface area contributed by atoms with Crippen LogP contribution in [-0.4, -0.2) is 53.8 Å². The highest BCUT2D eigenvalue weighted by molar-refractivity contribution is 8.00. The molecule has 43 heavy (non-hydrogen) atoms. The molecule has 228 valence electrons. The van der Waals surface area contributed by atoms with Crippen LogP contribution in [0.25, 0.3) is 0 Å². The van der Waals surface area contributed by atoms with Gasteiger partial charge in [-0.3, -0.25) is 19.2 Å². The highest BCUT2D eigenvalue weighted by Gasteiger charge is 2.38. The van der Waals surface area contributed by atoms with Gasteiger partial charge in [0.15, 0.2) is 0 Å². The number of carbonyl (C=O) groups is 4. The minimum atomic E-state index is -1.19. The molecule has 0 bridgehead atoms. The van der Waals surface area contributed by atoms with Gasteiger partial charge in [-0.2, -0.15) is 0 Å². The number of unbranched alkanes of at least 4 members (excludes halogenated alkanes) is 1. The number of aliphatic carboxylic acids is 1. The fraction of sp³-hybridized carbons (Fsp3) is 0.353. The quantitative estimate of drug-likeness (QED) is 0.111. The van der Waals surface area contributed by atoms with Crippen molar-refractivity contribution >= 4 is 35.5 Å². The summed E-state index contributed by atoms with van der Waals surface area (Å²) in [5.74, 6) is -2.88. The fourth-order valence-electron chi connectivity index (χ4n) is 4.64. The Bertz CT molecular complexity index is 1220. The van der Waals surface area contributed by atoms with Gasteiger partial charge in [0.2, 0.25) is 11.8 Å². The molecule has 2 amide bonds. The molecule has 0 saturated heterocycles. The average molecular weight is 605 g/mol. The molecule has 0 unspecified atom stereocenters. The van der Waals surface area contributed by atoms with Crippen molar-refractivity contribution in [1.82, 2.24) is 10.6 Å². The van der Waals surface area contributed by atoms with Crippen LogP contribution in [0.4, 0.5) is 0 Å². The molecule has 0 aliphatic heterocycles. The van der Waals surface area contributed by atoms with Gasteiger partial charge in [-0.1, -0.05) is 111 Å². The molecule has 0 saturated carbocycles. The van der Waals surface area contributed by atoms with Gasteiger partial charge in [-0.15, -0.1) is 11.8 Å². The van der Waals surface area contributed by atoms with Crippen molar-refractivity contribution < 1.29 is 29.0 Å². The second kappa shape index (κ2) is 17.1. The standard InChI is InChI=1S/C34H40N2O6S/c1-3-4-22-42-33(41)25(2)20-21-30(37)36-29(32(40)35-23-31(38)39)24-43-34(26-14-8-5-9-15-26,27-16-10-6-11-17-27)28-18-12-7-13-19-28/h5-19,25,29H,3-4,20-24H2,1-2H3,(H,35,40)(H,36,37)(H,38,39)/t25-,29-/m0/s1. The second-order valence-electron chi connectivity index (χ2n) is 10.3. The van der Waals surface area contributed by atoms with E-state index in [2.05, 4.69) is 10.6 Å². The number of hydrogen-bond acceptors (Lipinski definition) is 6. The molecule has 3 aromatic carbocycles. The van der Waals surface area contributed by atoms with Crippen molar-refractivity contribution in [3.05, 3.63) is 108 Å². The first kappa shape index (κ1) is 33.4. The van der Waals surface area contributed by atoms with Gasteiger partial charge >= 0.3 is 11.9 Å². The number of rotatable bonds is 17. The Morgan fingerprint density at radius 1 is 0.860 bits per heavy atom. The van der Waals surface area contributed by atoms with E-state index >= 15 is 0 Å². The largest absolute Gasteiger partial charge is 0.480 e. The SMILES string of the molecule is CCCCOC(=O)[C@@H](C)CCC(=O)N[C@@H](CSC(c1ccccc1)(c1ccccc1)c1ccccc1)C(=O)NCC(=O)O. The van der Waals surface area contributed by atoms with Crippen LogP contribution in [0.5, 0.6) is 0 Å². The molecule has 3 aromatic rings. The number of ether oxygens (including phenoxy) is 1. The summed E-state index contributed by atoms with van der Waals surface area (Å²) in [5, 5.41) is 14.4. The van der Waals surface area contributed by atoms with Crippen LogP contribution in [0.3, 0.4) is 0 Å². The number of carbonyl (C=O) groups excluding carboxylic acids is 3. The Kier molecular flexibility index (Phi) is 13.3. The number of carboxylic acid groups (broad SMARTS) is 1. The first-order chi connectivity index (χ1) is 20.8. The van der Waals surface area contributed by atoms with E-state index in [9.17, 15) is 19.2 Å². The van der Waals surface area contributed by atoms with E-state index in [1.807, 2.05) is 97.9 Å². The van der Waals surface area contributed by atoms with Gasteiger partial charge < -0.3 is 20.5 Å². The minimum Gasteiger partial charge on any atom is -0.480 e. The zero-order valence-corrected chi connectivity index (χ0v) is 25.5. The zero-order chi connectivity index (χ0) is 31.1. The molecule has 2 atom stereocenters. The second-order valence-corrected chi connectivity index (χ2v) is 11.5. The number of carboxylic acids is 1. The normalized spacial score (nSPS) is 12.5. The highest BCUT2D eigenvalue weighted by atomic mass is 32.2. The van der Waals surface area contributed by atoms with Crippen molar-refractivity contribution in [2.75, 3.05) is 18.9 Å². The van der Waals surface area contributed by atoms with Crippen LogP contribution < -0.4 is 10.6 Å². The summed E-state index contributed by atoms with van der Waals surface area (Å²) in [6.07, 6.45) is 1.96. The van der Waals surface area contributed by atoms with Crippen molar-refractivity contribution in [2.24, 2.45) is 5.92 Å². The van der Waals surface area contributed by atoms with E-state index in [1.54, 1.807) is 6.92 Å². The van der Waals surface area contributed by atoms with E-state index in [-0.39, 0.29) is 24.6 Å². The zero-order valence-electron chi connectivity index (χ0n) is 24.7. The molecule has 0 radical (unpaired) electrons. The van der Waals surface area contributed by atoms with Crippen LogP contribution >= 0.6 is 11.8 Å². The van der Waals surface area contributed by atoms with Crippen molar-refractivity contribution in [3.63, 3.8) is 0 Å². The lowest BCUT2D eigenvalue weighted by Crippen LogP contribution is -2.50. The van der Waals surface area contributed by atoms with Gasteiger partial charge in [0, 0.05) is 12.2 Å². The fourth-order valence-corrected chi connectivity index (χ4v) is 6.20. The predicted molar refractivity (Wildman–Crippen MR) is 169 cm³/mol. The van der Waals surface area contributed by atoms with Crippen molar-refractivity contribution in [3.8, 4) is 0 Å². The van der Waals surface area contributed by atoms with Crippen LogP contribution in [-0.2, 0) is 28.7 Å². The monoisotopic (exact) mass is 604 g/mol. The number of esters is 1. The minimum absolute atomic E-state index is 0.0125. The Labute approximate surface area is 257 Å². The lowest BCUT2D eigenvalue weighted by Gasteiger charge is -2.36. The first-order valence-electron chi connectivity index (χ1n) is 14.5. The molecule has 3 rings (SSSR count). The lowest BCUT2D eigenvalue weighted by molar-refractivity contribution is -0.148. The Balaban J connectivity index is 1.87. The molecule has 0 heterocycles. The molecule has 0 aromatic heterocycles.